The van der Waals surface area contributed by atoms with Gasteiger partial charge in [0.2, 0.25) is 5.28 Å². The molecule has 3 nitrogen and oxygen atoms in total. The molecule has 0 aromatic carbocycles. The van der Waals surface area contributed by atoms with Gasteiger partial charge in [-0.3, -0.25) is 0 Å². The number of nitrogens with one attached hydrogen (secondary N) is 1. The molecule has 1 aliphatic rings. The van der Waals surface area contributed by atoms with E-state index in [4.69, 9.17) is 11.6 Å². The summed E-state index contributed by atoms with van der Waals surface area (Å²) in [4.78, 5) is 8.34. The van der Waals surface area contributed by atoms with Crippen LogP contribution in [0, 0.1) is 11.5 Å². The Balaban J connectivity index is 2.23. The number of hydrogen-bond acceptors (Lipinski definition) is 3. The third-order valence-electron chi connectivity index (χ3n) is 3.03. The molecule has 1 aromatic rings. The summed E-state index contributed by atoms with van der Waals surface area (Å²) in [5, 5.41) is 3.74. The normalized spacial score (nSPS) is 16.0. The highest BCUT2D eigenvalue weighted by molar-refractivity contribution is 6.83. The molecule has 1 fully saturated rings. The molecule has 2 rings (SSSR count). The van der Waals surface area contributed by atoms with Gasteiger partial charge in [-0.2, -0.15) is 4.98 Å². The molecule has 0 bridgehead atoms. The molecule has 0 unspecified atom stereocenters. The molecule has 0 atom stereocenters. The van der Waals surface area contributed by atoms with E-state index in [1.807, 2.05) is 0 Å². The van der Waals surface area contributed by atoms with E-state index in [2.05, 4.69) is 46.4 Å². The molecule has 0 radical (unpaired) electrons. The molecule has 5 heteroatoms. The Hall–Kier alpha value is -1.05. The van der Waals surface area contributed by atoms with Gasteiger partial charge in [0.25, 0.3) is 0 Å². The van der Waals surface area contributed by atoms with Crippen molar-refractivity contribution < 1.29 is 0 Å². The Bertz CT molecular complexity index is 508. The van der Waals surface area contributed by atoms with Gasteiger partial charge in [0.1, 0.15) is 13.9 Å². The number of nitrogens with zero attached hydrogens (tertiary/aromatic N) is 2. The lowest BCUT2D eigenvalue weighted by atomic mass is 10.2. The minimum atomic E-state index is -1.40. The maximum absolute atomic E-state index is 5.89. The molecule has 0 spiro atoms. The summed E-state index contributed by atoms with van der Waals surface area (Å²) in [6, 6.07) is 0.499. The largest absolute Gasteiger partial charge is 0.366 e. The van der Waals surface area contributed by atoms with Crippen molar-refractivity contribution in [2.75, 3.05) is 5.32 Å². The van der Waals surface area contributed by atoms with E-state index in [0.717, 1.165) is 11.4 Å². The molecule has 1 aromatic heterocycles. The number of aromatic nitrogens is 2. The molecule has 0 amide bonds. The van der Waals surface area contributed by atoms with Gasteiger partial charge < -0.3 is 5.32 Å². The van der Waals surface area contributed by atoms with Crippen LogP contribution in [0.1, 0.15) is 31.2 Å². The van der Waals surface area contributed by atoms with Crippen LogP contribution in [0.3, 0.4) is 0 Å². The fourth-order valence-electron chi connectivity index (χ4n) is 2.08. The summed E-state index contributed by atoms with van der Waals surface area (Å²) in [6.07, 6.45) is 6.68. The summed E-state index contributed by atoms with van der Waals surface area (Å²) in [5.41, 5.74) is 4.21. The zero-order valence-electron chi connectivity index (χ0n) is 11.8. The zero-order valence-corrected chi connectivity index (χ0v) is 13.5. The van der Waals surface area contributed by atoms with E-state index in [0.29, 0.717) is 6.04 Å². The minimum absolute atomic E-state index is 0.277. The minimum Gasteiger partial charge on any atom is -0.366 e. The van der Waals surface area contributed by atoms with Crippen LogP contribution in [-0.2, 0) is 0 Å². The van der Waals surface area contributed by atoms with Crippen molar-refractivity contribution in [2.24, 2.45) is 0 Å². The highest BCUT2D eigenvalue weighted by Crippen LogP contribution is 2.23. The average Bonchev–Trinajstić information content (AvgIpc) is 2.79. The third-order valence-corrected chi connectivity index (χ3v) is 4.08. The molecule has 1 aliphatic carbocycles. The van der Waals surface area contributed by atoms with Gasteiger partial charge in [0.15, 0.2) is 0 Å². The number of rotatable bonds is 2. The van der Waals surface area contributed by atoms with Crippen LogP contribution in [0.5, 0.6) is 0 Å². The van der Waals surface area contributed by atoms with Crippen LogP contribution in [-0.4, -0.2) is 24.1 Å². The van der Waals surface area contributed by atoms with Crippen molar-refractivity contribution in [1.29, 1.82) is 0 Å². The Morgan fingerprint density at radius 3 is 2.63 bits per heavy atom. The van der Waals surface area contributed by atoms with Crippen molar-refractivity contribution in [2.45, 2.75) is 51.4 Å². The van der Waals surface area contributed by atoms with E-state index >= 15 is 0 Å². The van der Waals surface area contributed by atoms with Gasteiger partial charge in [0, 0.05) is 12.2 Å². The predicted octanol–water partition coefficient (Wildman–Crippen LogP) is 3.71. The molecule has 1 N–H and O–H groups in total. The first kappa shape index (κ1) is 14.4. The van der Waals surface area contributed by atoms with Gasteiger partial charge in [-0.1, -0.05) is 38.4 Å². The zero-order chi connectivity index (χ0) is 13.9. The van der Waals surface area contributed by atoms with Crippen molar-refractivity contribution in [3.63, 3.8) is 0 Å². The van der Waals surface area contributed by atoms with Gasteiger partial charge in [0.05, 0.1) is 5.56 Å². The molecular weight excluding hydrogens is 274 g/mol. The highest BCUT2D eigenvalue weighted by Gasteiger charge is 2.17. The summed E-state index contributed by atoms with van der Waals surface area (Å²) >= 11 is 5.89. The second-order valence-electron chi connectivity index (χ2n) is 6.03. The molecule has 1 saturated carbocycles. The Morgan fingerprint density at radius 2 is 2.00 bits per heavy atom. The molecule has 0 aliphatic heterocycles. The molecular formula is C14H20ClN3Si. The van der Waals surface area contributed by atoms with E-state index in [-0.39, 0.29) is 5.28 Å². The standard InChI is InChI=1S/C14H20ClN3Si/c1-19(2,3)9-8-11-10-16-14(15)18-13(11)17-12-6-4-5-7-12/h10,12H,4-7H2,1-3H3,(H,16,17,18). The maximum atomic E-state index is 5.89. The van der Waals surface area contributed by atoms with Gasteiger partial charge in [-0.25, -0.2) is 4.98 Å². The summed E-state index contributed by atoms with van der Waals surface area (Å²) in [6.45, 7) is 6.67. The van der Waals surface area contributed by atoms with E-state index in [9.17, 15) is 0 Å². The third kappa shape index (κ3) is 4.52. The van der Waals surface area contributed by atoms with Crippen LogP contribution in [0.15, 0.2) is 6.20 Å². The Morgan fingerprint density at radius 1 is 1.32 bits per heavy atom. The summed E-state index contributed by atoms with van der Waals surface area (Å²) < 4.78 is 0. The van der Waals surface area contributed by atoms with Gasteiger partial charge in [-0.05, 0) is 24.4 Å². The second kappa shape index (κ2) is 5.94. The second-order valence-corrected chi connectivity index (χ2v) is 11.1. The fourth-order valence-corrected chi connectivity index (χ4v) is 2.72. The lowest BCUT2D eigenvalue weighted by molar-refractivity contribution is 0.749. The van der Waals surface area contributed by atoms with Crippen molar-refractivity contribution in [1.82, 2.24) is 9.97 Å². The van der Waals surface area contributed by atoms with Crippen LogP contribution in [0.25, 0.3) is 0 Å². The highest BCUT2D eigenvalue weighted by atomic mass is 35.5. The first-order valence-electron chi connectivity index (χ1n) is 6.76. The first-order chi connectivity index (χ1) is 8.94. The number of anilines is 1. The van der Waals surface area contributed by atoms with E-state index in [1.165, 1.54) is 25.7 Å². The van der Waals surface area contributed by atoms with Crippen LogP contribution < -0.4 is 5.32 Å². The monoisotopic (exact) mass is 293 g/mol. The number of halogens is 1. The van der Waals surface area contributed by atoms with Gasteiger partial charge >= 0.3 is 0 Å². The molecule has 1 heterocycles. The fraction of sp³-hybridized carbons (Fsp3) is 0.571. The predicted molar refractivity (Wildman–Crippen MR) is 83.1 cm³/mol. The quantitative estimate of drug-likeness (QED) is 0.513. The van der Waals surface area contributed by atoms with Crippen LogP contribution >= 0.6 is 11.6 Å². The lowest BCUT2D eigenvalue weighted by Gasteiger charge is -2.14. The van der Waals surface area contributed by atoms with E-state index < -0.39 is 8.07 Å². The lowest BCUT2D eigenvalue weighted by Crippen LogP contribution is -2.18. The van der Waals surface area contributed by atoms with Crippen molar-refractivity contribution in [3.05, 3.63) is 17.0 Å². The Kier molecular flexibility index (Phi) is 4.49. The average molecular weight is 294 g/mol. The molecule has 102 valence electrons. The Labute approximate surface area is 121 Å². The van der Waals surface area contributed by atoms with E-state index in [1.54, 1.807) is 6.20 Å². The van der Waals surface area contributed by atoms with Crippen molar-refractivity contribution >= 4 is 25.5 Å². The van der Waals surface area contributed by atoms with Gasteiger partial charge in [-0.15, -0.1) is 5.54 Å². The maximum Gasteiger partial charge on any atom is 0.224 e. The smallest absolute Gasteiger partial charge is 0.224 e. The van der Waals surface area contributed by atoms with Crippen LogP contribution in [0.4, 0.5) is 5.82 Å². The van der Waals surface area contributed by atoms with Crippen LogP contribution in [0.2, 0.25) is 24.9 Å². The molecule has 19 heavy (non-hydrogen) atoms. The first-order valence-corrected chi connectivity index (χ1v) is 10.6. The topological polar surface area (TPSA) is 37.8 Å². The SMILES string of the molecule is C[Si](C)(C)C#Cc1cnc(Cl)nc1NC1CCCC1. The van der Waals surface area contributed by atoms with Crippen molar-refractivity contribution in [3.8, 4) is 11.5 Å². The number of hydrogen-bond donors (Lipinski definition) is 1. The summed E-state index contributed by atoms with van der Waals surface area (Å²) in [7, 11) is -1.40. The molecule has 0 saturated heterocycles. The summed E-state index contributed by atoms with van der Waals surface area (Å²) in [5.74, 6) is 4.01.